The predicted molar refractivity (Wildman–Crippen MR) is 288 cm³/mol. The highest BCUT2D eigenvalue weighted by molar-refractivity contribution is 7.25. The van der Waals surface area contributed by atoms with E-state index in [1.165, 1.54) is 97.4 Å². The van der Waals surface area contributed by atoms with Crippen LogP contribution in [0.15, 0.2) is 212 Å². The Kier molecular flexibility index (Phi) is 10.2. The van der Waals surface area contributed by atoms with Crippen LogP contribution in [0, 0.1) is 0 Å². The third kappa shape index (κ3) is 7.46. The van der Waals surface area contributed by atoms with Crippen LogP contribution in [0.5, 0.6) is 0 Å². The molecule has 11 aromatic rings. The van der Waals surface area contributed by atoms with Crippen LogP contribution >= 0.6 is 11.3 Å². The fourth-order valence-corrected chi connectivity index (χ4v) is 11.0. The van der Waals surface area contributed by atoms with E-state index >= 15 is 0 Å². The minimum absolute atomic E-state index is 0.00332. The SMILES string of the molecule is CC(C)(C)c1cc(-c2cccc3cccc(-c4ccccc4N(c4ccc(-c5cccc6sc7ccccc7c56)cc4)c4cccc(-c5cccc6ccccc56)c4)c23)cc(C(C)(C)C)c1. The Bertz CT molecular complexity index is 3570. The van der Waals surface area contributed by atoms with Gasteiger partial charge in [-0.15, -0.1) is 11.3 Å². The molecule has 66 heavy (non-hydrogen) atoms. The molecule has 0 aliphatic carbocycles. The first-order valence-corrected chi connectivity index (χ1v) is 24.0. The lowest BCUT2D eigenvalue weighted by molar-refractivity contribution is 0.569. The van der Waals surface area contributed by atoms with Gasteiger partial charge in [0.25, 0.3) is 0 Å². The van der Waals surface area contributed by atoms with Gasteiger partial charge in [0.05, 0.1) is 5.69 Å². The highest BCUT2D eigenvalue weighted by Crippen LogP contribution is 2.47. The van der Waals surface area contributed by atoms with Gasteiger partial charge in [-0.1, -0.05) is 211 Å². The molecule has 0 spiro atoms. The van der Waals surface area contributed by atoms with Gasteiger partial charge >= 0.3 is 0 Å². The highest BCUT2D eigenvalue weighted by atomic mass is 32.1. The number of para-hydroxylation sites is 1. The Hall–Kier alpha value is -7.26. The average Bonchev–Trinajstić information content (AvgIpc) is 3.73. The number of fused-ring (bicyclic) bond motifs is 5. The normalized spacial score (nSPS) is 12.1. The number of rotatable bonds is 7. The summed E-state index contributed by atoms with van der Waals surface area (Å²) in [6.07, 6.45) is 0. The lowest BCUT2D eigenvalue weighted by Crippen LogP contribution is -2.16. The molecule has 1 nitrogen and oxygen atoms in total. The summed E-state index contributed by atoms with van der Waals surface area (Å²) in [5.74, 6) is 0. The number of hydrogen-bond donors (Lipinski definition) is 0. The molecular formula is C64H53NS. The smallest absolute Gasteiger partial charge is 0.0540 e. The molecule has 11 rings (SSSR count). The summed E-state index contributed by atoms with van der Waals surface area (Å²) in [4.78, 5) is 2.47. The number of nitrogens with zero attached hydrogens (tertiary/aromatic N) is 1. The van der Waals surface area contributed by atoms with Gasteiger partial charge in [-0.05, 0) is 125 Å². The molecule has 0 saturated heterocycles. The zero-order valence-corrected chi connectivity index (χ0v) is 39.4. The van der Waals surface area contributed by atoms with Gasteiger partial charge in [0.2, 0.25) is 0 Å². The van der Waals surface area contributed by atoms with Gasteiger partial charge in [0, 0.05) is 37.1 Å². The van der Waals surface area contributed by atoms with Crippen molar-refractivity contribution in [1.82, 2.24) is 0 Å². The van der Waals surface area contributed by atoms with Crippen LogP contribution in [0.1, 0.15) is 52.7 Å². The van der Waals surface area contributed by atoms with Crippen molar-refractivity contribution >= 4 is 70.1 Å². The maximum absolute atomic E-state index is 2.47. The first-order valence-electron chi connectivity index (χ1n) is 23.2. The van der Waals surface area contributed by atoms with E-state index in [2.05, 4.69) is 259 Å². The predicted octanol–water partition coefficient (Wildman–Crippen LogP) is 19.1. The second-order valence-corrected chi connectivity index (χ2v) is 20.8. The summed E-state index contributed by atoms with van der Waals surface area (Å²) < 4.78 is 2.63. The van der Waals surface area contributed by atoms with Gasteiger partial charge in [0.1, 0.15) is 0 Å². The Morgan fingerprint density at radius 1 is 0.333 bits per heavy atom. The van der Waals surface area contributed by atoms with Crippen LogP contribution < -0.4 is 4.90 Å². The van der Waals surface area contributed by atoms with Gasteiger partial charge in [-0.25, -0.2) is 0 Å². The molecule has 0 aliphatic rings. The van der Waals surface area contributed by atoms with E-state index < -0.39 is 0 Å². The topological polar surface area (TPSA) is 3.24 Å². The lowest BCUT2D eigenvalue weighted by atomic mass is 9.78. The maximum atomic E-state index is 2.47. The summed E-state index contributed by atoms with van der Waals surface area (Å²) in [7, 11) is 0. The molecule has 0 radical (unpaired) electrons. The van der Waals surface area contributed by atoms with Crippen molar-refractivity contribution in [2.24, 2.45) is 0 Å². The molecular weight excluding hydrogens is 815 g/mol. The number of hydrogen-bond acceptors (Lipinski definition) is 2. The van der Waals surface area contributed by atoms with Crippen LogP contribution in [0.2, 0.25) is 0 Å². The monoisotopic (exact) mass is 867 g/mol. The molecule has 0 unspecified atom stereocenters. The Labute approximate surface area is 393 Å². The minimum Gasteiger partial charge on any atom is -0.310 e. The third-order valence-electron chi connectivity index (χ3n) is 13.4. The zero-order chi connectivity index (χ0) is 45.2. The van der Waals surface area contributed by atoms with E-state index in [0.29, 0.717) is 0 Å². The van der Waals surface area contributed by atoms with E-state index in [4.69, 9.17) is 0 Å². The second-order valence-electron chi connectivity index (χ2n) is 19.8. The van der Waals surface area contributed by atoms with E-state index in [0.717, 1.165) is 17.1 Å². The molecule has 0 atom stereocenters. The molecule has 0 saturated carbocycles. The maximum Gasteiger partial charge on any atom is 0.0540 e. The molecule has 0 fully saturated rings. The molecule has 10 aromatic carbocycles. The molecule has 1 aromatic heterocycles. The van der Waals surface area contributed by atoms with E-state index in [9.17, 15) is 0 Å². The van der Waals surface area contributed by atoms with Crippen molar-refractivity contribution in [3.63, 3.8) is 0 Å². The van der Waals surface area contributed by atoms with Crippen LogP contribution in [0.4, 0.5) is 17.1 Å². The lowest BCUT2D eigenvalue weighted by Gasteiger charge is -2.29. The van der Waals surface area contributed by atoms with Gasteiger partial charge in [-0.3, -0.25) is 0 Å². The largest absolute Gasteiger partial charge is 0.310 e. The second kappa shape index (κ2) is 16.3. The van der Waals surface area contributed by atoms with E-state index in [1.807, 2.05) is 11.3 Å². The number of thiophene rings is 1. The Morgan fingerprint density at radius 3 is 1.62 bits per heavy atom. The molecule has 320 valence electrons. The number of benzene rings is 10. The summed E-state index contributed by atoms with van der Waals surface area (Å²) in [6, 6.07) is 79.1. The van der Waals surface area contributed by atoms with Crippen molar-refractivity contribution in [3.05, 3.63) is 223 Å². The quantitative estimate of drug-likeness (QED) is 0.154. The van der Waals surface area contributed by atoms with Gasteiger partial charge < -0.3 is 4.90 Å². The first kappa shape index (κ1) is 41.4. The van der Waals surface area contributed by atoms with Crippen LogP contribution in [0.3, 0.4) is 0 Å². The third-order valence-corrected chi connectivity index (χ3v) is 14.5. The van der Waals surface area contributed by atoms with E-state index in [1.54, 1.807) is 0 Å². The van der Waals surface area contributed by atoms with Gasteiger partial charge in [-0.2, -0.15) is 0 Å². The number of anilines is 3. The summed E-state index contributed by atoms with van der Waals surface area (Å²) in [5.41, 5.74) is 15.8. The molecule has 0 bridgehead atoms. The fraction of sp³-hybridized carbons (Fsp3) is 0.125. The first-order chi connectivity index (χ1) is 32.0. The van der Waals surface area contributed by atoms with Gasteiger partial charge in [0.15, 0.2) is 0 Å². The van der Waals surface area contributed by atoms with Crippen molar-refractivity contribution in [2.45, 2.75) is 52.4 Å². The summed E-state index contributed by atoms with van der Waals surface area (Å²) in [6.45, 7) is 13.9. The average molecular weight is 868 g/mol. The van der Waals surface area contributed by atoms with Crippen molar-refractivity contribution < 1.29 is 0 Å². The molecule has 1 heterocycles. The van der Waals surface area contributed by atoms with Crippen molar-refractivity contribution in [2.75, 3.05) is 4.90 Å². The Morgan fingerprint density at radius 2 is 0.879 bits per heavy atom. The fourth-order valence-electron chi connectivity index (χ4n) is 9.87. The summed E-state index contributed by atoms with van der Waals surface area (Å²) >= 11 is 1.87. The van der Waals surface area contributed by atoms with Crippen molar-refractivity contribution in [3.8, 4) is 44.5 Å². The summed E-state index contributed by atoms with van der Waals surface area (Å²) in [5, 5.41) is 7.60. The standard InChI is InChI=1S/C64H53NS/c1-63(2,3)47-38-46(39-48(41-47)64(4,5)6)54-28-15-20-44-21-16-30-56(61(44)54)55-25-9-11-31-58(55)65(50-23-13-22-45(40-50)52-27-14-19-42-18-7-8-24-51(42)52)49-36-34-43(35-37-49)53-29-17-33-60-62(53)57-26-10-12-32-59(57)66-60/h7-41H,1-6H3. The zero-order valence-electron chi connectivity index (χ0n) is 38.6. The highest BCUT2D eigenvalue weighted by Gasteiger charge is 2.24. The van der Waals surface area contributed by atoms with Crippen molar-refractivity contribution in [1.29, 1.82) is 0 Å². The Balaban J connectivity index is 1.12. The van der Waals surface area contributed by atoms with Crippen LogP contribution in [-0.2, 0) is 10.8 Å². The molecule has 2 heteroatoms. The molecule has 0 amide bonds. The van der Waals surface area contributed by atoms with Crippen LogP contribution in [0.25, 0.3) is 86.2 Å². The minimum atomic E-state index is -0.00332. The molecule has 0 N–H and O–H groups in total. The van der Waals surface area contributed by atoms with E-state index in [-0.39, 0.29) is 10.8 Å². The molecule has 0 aliphatic heterocycles. The van der Waals surface area contributed by atoms with Crippen LogP contribution in [-0.4, -0.2) is 0 Å².